The lowest BCUT2D eigenvalue weighted by Crippen LogP contribution is -2.11. The molecule has 0 atom stereocenters. The van der Waals surface area contributed by atoms with Crippen LogP contribution in [0.2, 0.25) is 5.28 Å². The molecular formula is C11H10ClF3N4. The molecule has 2 aromatic heterocycles. The lowest BCUT2D eigenvalue weighted by molar-refractivity contribution is -0.134. The van der Waals surface area contributed by atoms with Gasteiger partial charge in [0.25, 0.3) is 0 Å². The Bertz CT molecular complexity index is 627. The molecule has 0 radical (unpaired) electrons. The van der Waals surface area contributed by atoms with E-state index in [1.807, 2.05) is 0 Å². The predicted octanol–water partition coefficient (Wildman–Crippen LogP) is 3.18. The van der Waals surface area contributed by atoms with E-state index < -0.39 is 12.6 Å². The van der Waals surface area contributed by atoms with Crippen molar-refractivity contribution in [3.63, 3.8) is 0 Å². The SMILES string of the molecule is Cc1nc2nc(Cl)nc(CCC(F)(F)F)c2nc1C. The Morgan fingerprint density at radius 2 is 1.63 bits per heavy atom. The van der Waals surface area contributed by atoms with Crippen LogP contribution in [0, 0.1) is 13.8 Å². The molecule has 0 amide bonds. The fraction of sp³-hybridized carbons (Fsp3) is 0.455. The van der Waals surface area contributed by atoms with Crippen LogP contribution in [-0.2, 0) is 6.42 Å². The Morgan fingerprint density at radius 3 is 2.26 bits per heavy atom. The summed E-state index contributed by atoms with van der Waals surface area (Å²) in [4.78, 5) is 16.1. The van der Waals surface area contributed by atoms with Gasteiger partial charge in [-0.2, -0.15) is 18.2 Å². The molecule has 8 heteroatoms. The highest BCUT2D eigenvalue weighted by atomic mass is 35.5. The van der Waals surface area contributed by atoms with Gasteiger partial charge in [-0.05, 0) is 25.4 Å². The van der Waals surface area contributed by atoms with E-state index in [1.54, 1.807) is 13.8 Å². The second-order valence-electron chi connectivity index (χ2n) is 4.12. The average molecular weight is 291 g/mol. The number of aryl methyl sites for hydroxylation is 3. The van der Waals surface area contributed by atoms with E-state index in [0.29, 0.717) is 11.4 Å². The fourth-order valence-corrected chi connectivity index (χ4v) is 1.76. The summed E-state index contributed by atoms with van der Waals surface area (Å²) in [6.45, 7) is 3.47. The summed E-state index contributed by atoms with van der Waals surface area (Å²) < 4.78 is 36.8. The van der Waals surface area contributed by atoms with Gasteiger partial charge in [0.1, 0.15) is 5.52 Å². The Morgan fingerprint density at radius 1 is 1.00 bits per heavy atom. The summed E-state index contributed by atoms with van der Waals surface area (Å²) in [6.07, 6.45) is -5.53. The zero-order chi connectivity index (χ0) is 14.2. The lowest BCUT2D eigenvalue weighted by Gasteiger charge is -2.08. The van der Waals surface area contributed by atoms with Gasteiger partial charge in [0.2, 0.25) is 5.28 Å². The second kappa shape index (κ2) is 4.88. The number of rotatable bonds is 2. The molecule has 0 saturated carbocycles. The van der Waals surface area contributed by atoms with Crippen molar-refractivity contribution in [1.82, 2.24) is 19.9 Å². The van der Waals surface area contributed by atoms with Gasteiger partial charge in [-0.1, -0.05) is 0 Å². The number of hydrogen-bond donors (Lipinski definition) is 0. The minimum absolute atomic E-state index is 0.123. The molecule has 0 bridgehead atoms. The quantitative estimate of drug-likeness (QED) is 0.797. The smallest absolute Gasteiger partial charge is 0.246 e. The number of fused-ring (bicyclic) bond motifs is 1. The Hall–Kier alpha value is -1.50. The van der Waals surface area contributed by atoms with Crippen LogP contribution in [0.5, 0.6) is 0 Å². The molecule has 2 heterocycles. The summed E-state index contributed by atoms with van der Waals surface area (Å²) in [5, 5.41) is -0.123. The average Bonchev–Trinajstić information content (AvgIpc) is 2.27. The highest BCUT2D eigenvalue weighted by Crippen LogP contribution is 2.24. The first-order valence-corrected chi connectivity index (χ1v) is 5.88. The third-order valence-corrected chi connectivity index (χ3v) is 2.80. The number of nitrogens with zero attached hydrogens (tertiary/aromatic N) is 4. The van der Waals surface area contributed by atoms with Gasteiger partial charge >= 0.3 is 6.18 Å². The van der Waals surface area contributed by atoms with Gasteiger partial charge in [0, 0.05) is 12.8 Å². The van der Waals surface area contributed by atoms with Crippen molar-refractivity contribution >= 4 is 22.8 Å². The normalized spacial score (nSPS) is 12.1. The number of alkyl halides is 3. The molecule has 2 rings (SSSR count). The molecule has 0 aromatic carbocycles. The molecule has 4 nitrogen and oxygen atoms in total. The number of aromatic nitrogens is 4. The standard InChI is InChI=1S/C11H10ClF3N4/c1-5-6(2)17-9-8(16-5)7(18-10(12)19-9)3-4-11(13,14)15/h3-4H2,1-2H3. The van der Waals surface area contributed by atoms with Crippen LogP contribution in [0.4, 0.5) is 13.2 Å². The number of hydrogen-bond acceptors (Lipinski definition) is 4. The molecule has 0 aliphatic rings. The van der Waals surface area contributed by atoms with E-state index in [1.165, 1.54) is 0 Å². The Labute approximate surface area is 112 Å². The molecule has 2 aromatic rings. The minimum Gasteiger partial charge on any atom is -0.246 e. The molecule has 0 unspecified atom stereocenters. The van der Waals surface area contributed by atoms with Crippen molar-refractivity contribution in [2.45, 2.75) is 32.9 Å². The zero-order valence-electron chi connectivity index (χ0n) is 10.2. The van der Waals surface area contributed by atoms with Crippen molar-refractivity contribution in [2.75, 3.05) is 0 Å². The van der Waals surface area contributed by atoms with Crippen LogP contribution < -0.4 is 0 Å². The van der Waals surface area contributed by atoms with E-state index in [2.05, 4.69) is 19.9 Å². The molecule has 0 aliphatic carbocycles. The lowest BCUT2D eigenvalue weighted by atomic mass is 10.2. The van der Waals surface area contributed by atoms with Crippen molar-refractivity contribution in [1.29, 1.82) is 0 Å². The number of halogens is 4. The van der Waals surface area contributed by atoms with E-state index in [0.717, 1.165) is 0 Å². The highest BCUT2D eigenvalue weighted by molar-refractivity contribution is 6.28. The summed E-state index contributed by atoms with van der Waals surface area (Å²) in [7, 11) is 0. The van der Waals surface area contributed by atoms with Crippen LogP contribution in [0.3, 0.4) is 0 Å². The molecule has 0 aliphatic heterocycles. The zero-order valence-corrected chi connectivity index (χ0v) is 11.0. The fourth-order valence-electron chi connectivity index (χ4n) is 1.57. The third kappa shape index (κ3) is 3.28. The maximum absolute atomic E-state index is 12.3. The van der Waals surface area contributed by atoms with Gasteiger partial charge in [-0.3, -0.25) is 0 Å². The van der Waals surface area contributed by atoms with E-state index >= 15 is 0 Å². The van der Waals surface area contributed by atoms with Crippen molar-refractivity contribution in [3.8, 4) is 0 Å². The monoisotopic (exact) mass is 290 g/mol. The second-order valence-corrected chi connectivity index (χ2v) is 4.46. The summed E-state index contributed by atoms with van der Waals surface area (Å²) in [5.41, 5.74) is 1.95. The van der Waals surface area contributed by atoms with Gasteiger partial charge in [-0.25, -0.2) is 15.0 Å². The largest absolute Gasteiger partial charge is 0.389 e. The molecule has 0 saturated heterocycles. The maximum atomic E-state index is 12.3. The first-order chi connectivity index (χ1) is 8.76. The van der Waals surface area contributed by atoms with Crippen molar-refractivity contribution < 1.29 is 13.2 Å². The molecule has 102 valence electrons. The summed E-state index contributed by atoms with van der Waals surface area (Å²) in [5.74, 6) is 0. The summed E-state index contributed by atoms with van der Waals surface area (Å²) in [6, 6.07) is 0. The van der Waals surface area contributed by atoms with E-state index in [9.17, 15) is 13.2 Å². The minimum atomic E-state index is -4.25. The predicted molar refractivity (Wildman–Crippen MR) is 64.0 cm³/mol. The molecule has 19 heavy (non-hydrogen) atoms. The van der Waals surface area contributed by atoms with Crippen molar-refractivity contribution in [3.05, 3.63) is 22.4 Å². The van der Waals surface area contributed by atoms with Crippen LogP contribution in [-0.4, -0.2) is 26.1 Å². The van der Waals surface area contributed by atoms with Gasteiger partial charge in [-0.15, -0.1) is 0 Å². The van der Waals surface area contributed by atoms with Crippen LogP contribution in [0.1, 0.15) is 23.5 Å². The maximum Gasteiger partial charge on any atom is 0.389 e. The third-order valence-electron chi connectivity index (χ3n) is 2.63. The summed E-state index contributed by atoms with van der Waals surface area (Å²) >= 11 is 5.69. The molecule has 0 N–H and O–H groups in total. The van der Waals surface area contributed by atoms with Gasteiger partial charge < -0.3 is 0 Å². The van der Waals surface area contributed by atoms with Crippen LogP contribution >= 0.6 is 11.6 Å². The van der Waals surface area contributed by atoms with Gasteiger partial charge in [0.15, 0.2) is 5.65 Å². The Kier molecular flexibility index (Phi) is 3.58. The van der Waals surface area contributed by atoms with E-state index in [4.69, 9.17) is 11.6 Å². The van der Waals surface area contributed by atoms with Crippen molar-refractivity contribution in [2.24, 2.45) is 0 Å². The molecule has 0 spiro atoms. The van der Waals surface area contributed by atoms with Gasteiger partial charge in [0.05, 0.1) is 17.1 Å². The van der Waals surface area contributed by atoms with Crippen LogP contribution in [0.25, 0.3) is 11.2 Å². The topological polar surface area (TPSA) is 51.6 Å². The van der Waals surface area contributed by atoms with E-state index in [-0.39, 0.29) is 28.6 Å². The first kappa shape index (κ1) is 13.9. The Balaban J connectivity index is 2.50. The first-order valence-electron chi connectivity index (χ1n) is 5.50. The molecular weight excluding hydrogens is 281 g/mol. The van der Waals surface area contributed by atoms with Crippen LogP contribution in [0.15, 0.2) is 0 Å². The molecule has 0 fully saturated rings. The highest BCUT2D eigenvalue weighted by Gasteiger charge is 2.27.